The van der Waals surface area contributed by atoms with E-state index in [0.29, 0.717) is 12.6 Å². The SMILES string of the molecule is CCN(c1c(Cl)cccc1CN)C1CCCCC1. The Morgan fingerprint density at radius 1 is 1.28 bits per heavy atom. The number of halogens is 1. The van der Waals surface area contributed by atoms with Gasteiger partial charge in [-0.1, -0.05) is 43.0 Å². The second-order valence-corrected chi connectivity index (χ2v) is 5.44. The van der Waals surface area contributed by atoms with E-state index in [1.54, 1.807) is 0 Å². The van der Waals surface area contributed by atoms with Crippen molar-refractivity contribution in [2.45, 2.75) is 51.6 Å². The summed E-state index contributed by atoms with van der Waals surface area (Å²) >= 11 is 6.40. The summed E-state index contributed by atoms with van der Waals surface area (Å²) in [6.07, 6.45) is 6.61. The number of hydrogen-bond donors (Lipinski definition) is 1. The van der Waals surface area contributed by atoms with Crippen molar-refractivity contribution in [1.82, 2.24) is 0 Å². The molecule has 0 aromatic heterocycles. The minimum Gasteiger partial charge on any atom is -0.367 e. The zero-order valence-electron chi connectivity index (χ0n) is 11.2. The highest BCUT2D eigenvalue weighted by atomic mass is 35.5. The van der Waals surface area contributed by atoms with E-state index in [0.717, 1.165) is 22.8 Å². The normalized spacial score (nSPS) is 16.8. The lowest BCUT2D eigenvalue weighted by Crippen LogP contribution is -2.37. The Kier molecular flexibility index (Phi) is 4.90. The summed E-state index contributed by atoms with van der Waals surface area (Å²) in [6, 6.07) is 6.69. The molecule has 1 fully saturated rings. The van der Waals surface area contributed by atoms with Crippen molar-refractivity contribution >= 4 is 17.3 Å². The van der Waals surface area contributed by atoms with Gasteiger partial charge < -0.3 is 10.6 Å². The first-order chi connectivity index (χ1) is 8.77. The number of rotatable bonds is 4. The third kappa shape index (κ3) is 2.81. The molecule has 0 saturated heterocycles. The number of nitrogens with two attached hydrogens (primary N) is 1. The summed E-state index contributed by atoms with van der Waals surface area (Å²) in [5.74, 6) is 0. The van der Waals surface area contributed by atoms with Crippen molar-refractivity contribution in [3.05, 3.63) is 28.8 Å². The maximum atomic E-state index is 6.40. The van der Waals surface area contributed by atoms with Crippen molar-refractivity contribution in [2.24, 2.45) is 5.73 Å². The molecule has 0 aliphatic heterocycles. The zero-order chi connectivity index (χ0) is 13.0. The van der Waals surface area contributed by atoms with Gasteiger partial charge in [-0.15, -0.1) is 0 Å². The van der Waals surface area contributed by atoms with Crippen LogP contribution in [0, 0.1) is 0 Å². The largest absolute Gasteiger partial charge is 0.367 e. The minimum absolute atomic E-state index is 0.555. The summed E-state index contributed by atoms with van der Waals surface area (Å²) in [4.78, 5) is 2.46. The lowest BCUT2D eigenvalue weighted by atomic mass is 9.93. The van der Waals surface area contributed by atoms with Gasteiger partial charge in [-0.25, -0.2) is 0 Å². The molecule has 1 aromatic carbocycles. The van der Waals surface area contributed by atoms with E-state index < -0.39 is 0 Å². The van der Waals surface area contributed by atoms with Crippen molar-refractivity contribution in [3.8, 4) is 0 Å². The van der Waals surface area contributed by atoms with Crippen LogP contribution in [-0.4, -0.2) is 12.6 Å². The molecule has 2 nitrogen and oxygen atoms in total. The molecule has 0 spiro atoms. The van der Waals surface area contributed by atoms with Gasteiger partial charge in [0.2, 0.25) is 0 Å². The van der Waals surface area contributed by atoms with Crippen LogP contribution >= 0.6 is 11.6 Å². The average molecular weight is 267 g/mol. The quantitative estimate of drug-likeness (QED) is 0.894. The molecule has 3 heteroatoms. The van der Waals surface area contributed by atoms with Crippen LogP contribution in [0.2, 0.25) is 5.02 Å². The highest BCUT2D eigenvalue weighted by Gasteiger charge is 2.23. The molecule has 0 atom stereocenters. The Hall–Kier alpha value is -0.730. The lowest BCUT2D eigenvalue weighted by molar-refractivity contribution is 0.417. The third-order valence-corrected chi connectivity index (χ3v) is 4.24. The molecule has 0 radical (unpaired) electrons. The standard InChI is InChI=1S/C15H23ClN2/c1-2-18(13-8-4-3-5-9-13)15-12(11-17)7-6-10-14(15)16/h6-7,10,13H,2-5,8-9,11,17H2,1H3. The Bertz CT molecular complexity index is 386. The Labute approximate surface area is 115 Å². The van der Waals surface area contributed by atoms with Gasteiger partial charge in [0.25, 0.3) is 0 Å². The molecule has 0 heterocycles. The first-order valence-electron chi connectivity index (χ1n) is 7.02. The van der Waals surface area contributed by atoms with E-state index in [1.165, 1.54) is 32.1 Å². The van der Waals surface area contributed by atoms with Gasteiger partial charge in [-0.05, 0) is 31.4 Å². The van der Waals surface area contributed by atoms with E-state index in [2.05, 4.69) is 17.9 Å². The zero-order valence-corrected chi connectivity index (χ0v) is 11.9. The maximum absolute atomic E-state index is 6.40. The van der Waals surface area contributed by atoms with Crippen LogP contribution < -0.4 is 10.6 Å². The highest BCUT2D eigenvalue weighted by molar-refractivity contribution is 6.33. The molecule has 0 amide bonds. The number of hydrogen-bond acceptors (Lipinski definition) is 2. The van der Waals surface area contributed by atoms with E-state index in [1.807, 2.05) is 12.1 Å². The van der Waals surface area contributed by atoms with Crippen LogP contribution in [0.15, 0.2) is 18.2 Å². The molecule has 18 heavy (non-hydrogen) atoms. The minimum atomic E-state index is 0.555. The molecule has 1 aromatic rings. The van der Waals surface area contributed by atoms with Gasteiger partial charge in [-0.2, -0.15) is 0 Å². The Morgan fingerprint density at radius 2 is 2.00 bits per heavy atom. The number of para-hydroxylation sites is 1. The summed E-state index contributed by atoms with van der Waals surface area (Å²) in [7, 11) is 0. The predicted molar refractivity (Wildman–Crippen MR) is 79.2 cm³/mol. The molecule has 0 unspecified atom stereocenters. The van der Waals surface area contributed by atoms with Gasteiger partial charge in [0.1, 0.15) is 0 Å². The predicted octanol–water partition coefficient (Wildman–Crippen LogP) is 3.96. The molecule has 1 aliphatic carbocycles. The molecular weight excluding hydrogens is 244 g/mol. The Morgan fingerprint density at radius 3 is 2.61 bits per heavy atom. The number of benzene rings is 1. The van der Waals surface area contributed by atoms with Crippen molar-refractivity contribution < 1.29 is 0 Å². The van der Waals surface area contributed by atoms with Gasteiger partial charge in [-0.3, -0.25) is 0 Å². The third-order valence-electron chi connectivity index (χ3n) is 3.93. The highest BCUT2D eigenvalue weighted by Crippen LogP contribution is 2.34. The molecule has 1 aliphatic rings. The smallest absolute Gasteiger partial charge is 0.0643 e. The fourth-order valence-corrected chi connectivity index (χ4v) is 3.34. The van der Waals surface area contributed by atoms with Crippen LogP contribution in [0.3, 0.4) is 0 Å². The second kappa shape index (κ2) is 6.44. The van der Waals surface area contributed by atoms with E-state index in [-0.39, 0.29) is 0 Å². The Balaban J connectivity index is 2.31. The van der Waals surface area contributed by atoms with Crippen LogP contribution in [-0.2, 0) is 6.54 Å². The van der Waals surface area contributed by atoms with Gasteiger partial charge in [0.15, 0.2) is 0 Å². The van der Waals surface area contributed by atoms with E-state index >= 15 is 0 Å². The van der Waals surface area contributed by atoms with Crippen molar-refractivity contribution in [2.75, 3.05) is 11.4 Å². The molecule has 2 N–H and O–H groups in total. The fraction of sp³-hybridized carbons (Fsp3) is 0.600. The summed E-state index contributed by atoms with van der Waals surface area (Å²) in [5, 5.41) is 0.838. The average Bonchev–Trinajstić information content (AvgIpc) is 2.42. The first-order valence-corrected chi connectivity index (χ1v) is 7.39. The van der Waals surface area contributed by atoms with Crippen molar-refractivity contribution in [3.63, 3.8) is 0 Å². The van der Waals surface area contributed by atoms with Gasteiger partial charge in [0, 0.05) is 19.1 Å². The number of anilines is 1. The van der Waals surface area contributed by atoms with Gasteiger partial charge in [0.05, 0.1) is 10.7 Å². The topological polar surface area (TPSA) is 29.3 Å². The maximum Gasteiger partial charge on any atom is 0.0643 e. The van der Waals surface area contributed by atoms with Crippen LogP contribution in [0.1, 0.15) is 44.6 Å². The number of nitrogens with zero attached hydrogens (tertiary/aromatic N) is 1. The fourth-order valence-electron chi connectivity index (χ4n) is 3.04. The molecule has 0 bridgehead atoms. The summed E-state index contributed by atoms with van der Waals surface area (Å²) in [5.41, 5.74) is 8.18. The van der Waals surface area contributed by atoms with Crippen LogP contribution in [0.5, 0.6) is 0 Å². The molecular formula is C15H23ClN2. The monoisotopic (exact) mass is 266 g/mol. The van der Waals surface area contributed by atoms with Crippen LogP contribution in [0.4, 0.5) is 5.69 Å². The lowest BCUT2D eigenvalue weighted by Gasteiger charge is -2.37. The van der Waals surface area contributed by atoms with Gasteiger partial charge >= 0.3 is 0 Å². The van der Waals surface area contributed by atoms with Crippen LogP contribution in [0.25, 0.3) is 0 Å². The summed E-state index contributed by atoms with van der Waals surface area (Å²) < 4.78 is 0. The van der Waals surface area contributed by atoms with Crippen molar-refractivity contribution in [1.29, 1.82) is 0 Å². The first kappa shape index (κ1) is 13.7. The summed E-state index contributed by atoms with van der Waals surface area (Å²) in [6.45, 7) is 3.76. The molecule has 1 saturated carbocycles. The van der Waals surface area contributed by atoms with E-state index in [4.69, 9.17) is 17.3 Å². The molecule has 2 rings (SSSR count). The second-order valence-electron chi connectivity index (χ2n) is 5.03. The molecule has 100 valence electrons. The van der Waals surface area contributed by atoms with E-state index in [9.17, 15) is 0 Å².